The molecule has 4 nitrogen and oxygen atoms in total. The summed E-state index contributed by atoms with van der Waals surface area (Å²) in [6.45, 7) is 11.2. The topological polar surface area (TPSA) is 41.6 Å². The molecule has 1 heterocycles. The summed E-state index contributed by atoms with van der Waals surface area (Å²) in [5, 5.41) is 3.49. The maximum Gasteiger partial charge on any atom is 0.241 e. The van der Waals surface area contributed by atoms with Gasteiger partial charge in [0.15, 0.2) is 0 Å². The van der Waals surface area contributed by atoms with Gasteiger partial charge in [0.25, 0.3) is 0 Å². The zero-order chi connectivity index (χ0) is 13.9. The van der Waals surface area contributed by atoms with Gasteiger partial charge in [-0.1, -0.05) is 34.1 Å². The number of methoxy groups -OCH3 is 1. The van der Waals surface area contributed by atoms with Gasteiger partial charge in [-0.2, -0.15) is 0 Å². The number of hydrogen-bond donors (Lipinski definition) is 1. The van der Waals surface area contributed by atoms with Crippen LogP contribution in [-0.2, 0) is 9.53 Å². The van der Waals surface area contributed by atoms with E-state index in [-0.39, 0.29) is 24.2 Å². The van der Waals surface area contributed by atoms with Gasteiger partial charge in [-0.3, -0.25) is 10.1 Å². The summed E-state index contributed by atoms with van der Waals surface area (Å²) in [5.41, 5.74) is 0. The Balaban J connectivity index is 2.81. The minimum absolute atomic E-state index is 0.0357. The average Bonchev–Trinajstić information content (AvgIpc) is 2.66. The molecule has 0 bridgehead atoms. The normalized spacial score (nSPS) is 27.9. The van der Waals surface area contributed by atoms with Crippen LogP contribution in [0.1, 0.15) is 41.0 Å². The van der Waals surface area contributed by atoms with E-state index in [1.165, 1.54) is 0 Å². The van der Waals surface area contributed by atoms with Gasteiger partial charge in [-0.05, 0) is 18.8 Å². The van der Waals surface area contributed by atoms with Crippen LogP contribution >= 0.6 is 0 Å². The molecule has 1 amide bonds. The molecule has 0 spiro atoms. The van der Waals surface area contributed by atoms with Crippen LogP contribution < -0.4 is 5.32 Å². The van der Waals surface area contributed by atoms with E-state index in [1.54, 1.807) is 7.11 Å². The van der Waals surface area contributed by atoms with Crippen LogP contribution in [0.15, 0.2) is 0 Å². The molecule has 1 N–H and O–H groups in total. The highest BCUT2D eigenvalue weighted by Crippen LogP contribution is 2.23. The average molecular weight is 256 g/mol. The fraction of sp³-hybridized carbons (Fsp3) is 0.929. The zero-order valence-corrected chi connectivity index (χ0v) is 12.6. The molecule has 1 aliphatic rings. The first-order valence-electron chi connectivity index (χ1n) is 7.01. The first-order valence-corrected chi connectivity index (χ1v) is 7.01. The summed E-state index contributed by atoms with van der Waals surface area (Å²) in [6, 6.07) is -0.0357. The van der Waals surface area contributed by atoms with E-state index in [0.717, 1.165) is 6.42 Å². The number of rotatable bonds is 6. The second kappa shape index (κ2) is 6.53. The zero-order valence-electron chi connectivity index (χ0n) is 12.6. The van der Waals surface area contributed by atoms with E-state index in [2.05, 4.69) is 33.0 Å². The molecule has 1 saturated heterocycles. The van der Waals surface area contributed by atoms with E-state index in [4.69, 9.17) is 4.74 Å². The van der Waals surface area contributed by atoms with Crippen molar-refractivity contribution in [1.82, 2.24) is 10.2 Å². The van der Waals surface area contributed by atoms with Crippen molar-refractivity contribution in [2.24, 2.45) is 11.8 Å². The summed E-state index contributed by atoms with van der Waals surface area (Å²) in [4.78, 5) is 14.4. The largest absolute Gasteiger partial charge is 0.380 e. The lowest BCUT2D eigenvalue weighted by Crippen LogP contribution is -2.44. The number of carbonyl (C=O) groups is 1. The van der Waals surface area contributed by atoms with Gasteiger partial charge < -0.3 is 9.64 Å². The molecule has 0 aliphatic carbocycles. The molecule has 0 saturated carbocycles. The first kappa shape index (κ1) is 15.4. The molecule has 1 aliphatic heterocycles. The summed E-state index contributed by atoms with van der Waals surface area (Å²) < 4.78 is 5.29. The maximum atomic E-state index is 12.5. The Bertz CT molecular complexity index is 281. The molecule has 0 aromatic heterocycles. The third-order valence-electron chi connectivity index (χ3n) is 3.94. The predicted molar refractivity (Wildman–Crippen MR) is 73.2 cm³/mol. The minimum atomic E-state index is -0.0357. The number of nitrogens with one attached hydrogen (secondary N) is 1. The molecule has 18 heavy (non-hydrogen) atoms. The predicted octanol–water partition coefficient (Wildman–Crippen LogP) is 1.85. The molecular formula is C14H28N2O2. The van der Waals surface area contributed by atoms with Crippen molar-refractivity contribution < 1.29 is 9.53 Å². The molecule has 106 valence electrons. The highest BCUT2D eigenvalue weighted by Gasteiger charge is 2.42. The van der Waals surface area contributed by atoms with Crippen LogP contribution in [0.2, 0.25) is 0 Å². The number of ether oxygens (including phenoxy) is 1. The fourth-order valence-corrected chi connectivity index (χ4v) is 2.41. The molecule has 4 atom stereocenters. The molecule has 4 heteroatoms. The second-order valence-corrected chi connectivity index (χ2v) is 5.76. The number of hydrogen-bond acceptors (Lipinski definition) is 3. The lowest BCUT2D eigenvalue weighted by Gasteiger charge is -2.29. The molecule has 4 unspecified atom stereocenters. The van der Waals surface area contributed by atoms with E-state index >= 15 is 0 Å². The number of nitrogens with zero attached hydrogens (tertiary/aromatic N) is 1. The van der Waals surface area contributed by atoms with E-state index in [1.807, 2.05) is 11.8 Å². The van der Waals surface area contributed by atoms with Crippen molar-refractivity contribution in [2.45, 2.75) is 59.4 Å². The van der Waals surface area contributed by atoms with Crippen LogP contribution in [0.25, 0.3) is 0 Å². The molecular weight excluding hydrogens is 228 g/mol. The molecule has 1 rings (SSSR count). The molecule has 1 fully saturated rings. The van der Waals surface area contributed by atoms with Gasteiger partial charge in [-0.25, -0.2) is 0 Å². The van der Waals surface area contributed by atoms with Crippen LogP contribution in [0.5, 0.6) is 0 Å². The molecule has 0 aromatic carbocycles. The Morgan fingerprint density at radius 3 is 2.39 bits per heavy atom. The van der Waals surface area contributed by atoms with Crippen LogP contribution in [0.4, 0.5) is 0 Å². The highest BCUT2D eigenvalue weighted by atomic mass is 16.5. The monoisotopic (exact) mass is 256 g/mol. The van der Waals surface area contributed by atoms with E-state index < -0.39 is 0 Å². The van der Waals surface area contributed by atoms with Crippen molar-refractivity contribution in [3.8, 4) is 0 Å². The summed E-state index contributed by atoms with van der Waals surface area (Å²) in [7, 11) is 1.69. The van der Waals surface area contributed by atoms with Crippen LogP contribution in [0.3, 0.4) is 0 Å². The van der Waals surface area contributed by atoms with Crippen LogP contribution in [0, 0.1) is 11.8 Å². The Morgan fingerprint density at radius 1 is 1.33 bits per heavy atom. The summed E-state index contributed by atoms with van der Waals surface area (Å²) in [5.74, 6) is 1.01. The van der Waals surface area contributed by atoms with Crippen molar-refractivity contribution in [3.63, 3.8) is 0 Å². The first-order chi connectivity index (χ1) is 8.42. The lowest BCUT2D eigenvalue weighted by atomic mass is 9.99. The SMILES string of the molecule is CCC(C)C1NC(C(C)C)N(CC(C)OC)C1=O. The van der Waals surface area contributed by atoms with Crippen molar-refractivity contribution in [1.29, 1.82) is 0 Å². The third kappa shape index (κ3) is 3.23. The van der Waals surface area contributed by atoms with E-state index in [0.29, 0.717) is 18.4 Å². The standard InChI is InChI=1S/C14H28N2O2/c1-7-10(4)12-14(17)16(8-11(5)18-6)13(15-12)9(2)3/h9-13,15H,7-8H2,1-6H3. The highest BCUT2D eigenvalue weighted by molar-refractivity contribution is 5.84. The van der Waals surface area contributed by atoms with Crippen LogP contribution in [-0.4, -0.2) is 42.8 Å². The Labute approximate surface area is 111 Å². The van der Waals surface area contributed by atoms with Gasteiger partial charge in [0.1, 0.15) is 0 Å². The fourth-order valence-electron chi connectivity index (χ4n) is 2.41. The third-order valence-corrected chi connectivity index (χ3v) is 3.94. The summed E-state index contributed by atoms with van der Waals surface area (Å²) >= 11 is 0. The Kier molecular flexibility index (Phi) is 5.60. The maximum absolute atomic E-state index is 12.5. The van der Waals surface area contributed by atoms with Crippen molar-refractivity contribution in [3.05, 3.63) is 0 Å². The number of amides is 1. The van der Waals surface area contributed by atoms with Gasteiger partial charge in [0.05, 0.1) is 18.3 Å². The number of carbonyl (C=O) groups excluding carboxylic acids is 1. The quantitative estimate of drug-likeness (QED) is 0.788. The molecule has 0 radical (unpaired) electrons. The minimum Gasteiger partial charge on any atom is -0.380 e. The van der Waals surface area contributed by atoms with Gasteiger partial charge in [-0.15, -0.1) is 0 Å². The molecule has 0 aromatic rings. The Morgan fingerprint density at radius 2 is 1.94 bits per heavy atom. The lowest BCUT2D eigenvalue weighted by molar-refractivity contribution is -0.132. The van der Waals surface area contributed by atoms with Gasteiger partial charge >= 0.3 is 0 Å². The van der Waals surface area contributed by atoms with Gasteiger partial charge in [0.2, 0.25) is 5.91 Å². The van der Waals surface area contributed by atoms with Crippen molar-refractivity contribution >= 4 is 5.91 Å². The van der Waals surface area contributed by atoms with Gasteiger partial charge in [0, 0.05) is 13.7 Å². The van der Waals surface area contributed by atoms with Crippen molar-refractivity contribution in [2.75, 3.05) is 13.7 Å². The second-order valence-electron chi connectivity index (χ2n) is 5.76. The van der Waals surface area contributed by atoms with E-state index in [9.17, 15) is 4.79 Å². The smallest absolute Gasteiger partial charge is 0.241 e. The summed E-state index contributed by atoms with van der Waals surface area (Å²) in [6.07, 6.45) is 1.23. The Hall–Kier alpha value is -0.610.